The van der Waals surface area contributed by atoms with Crippen LogP contribution in [0.2, 0.25) is 10.0 Å². The minimum atomic E-state index is 0.211. The molecule has 23 heavy (non-hydrogen) atoms. The van der Waals surface area contributed by atoms with Crippen LogP contribution in [0.25, 0.3) is 11.1 Å². The number of methoxy groups -OCH3 is 1. The van der Waals surface area contributed by atoms with E-state index in [2.05, 4.69) is 15.2 Å². The highest BCUT2D eigenvalue weighted by molar-refractivity contribution is 6.39. The van der Waals surface area contributed by atoms with Crippen molar-refractivity contribution < 1.29 is 4.74 Å². The second kappa shape index (κ2) is 6.48. The average Bonchev–Trinajstić information content (AvgIpc) is 2.92. The quantitative estimate of drug-likeness (QED) is 0.747. The predicted molar refractivity (Wildman–Crippen MR) is 92.1 cm³/mol. The summed E-state index contributed by atoms with van der Waals surface area (Å²) in [6.07, 6.45) is 0.510. The monoisotopic (exact) mass is 348 g/mol. The van der Waals surface area contributed by atoms with E-state index >= 15 is 0 Å². The number of aromatic nitrogens is 3. The standard InChI is InChI=1S/C16H14Cl2N4O/c1-23-13-5-3-2-4-10(13)15-11(17)6-9(7-12(15)18)8-14-20-16(19)22-21-14/h2-7H,8H2,1H3,(H3,19,20,21,22). The molecule has 0 saturated carbocycles. The van der Waals surface area contributed by atoms with Crippen LogP contribution in [0.15, 0.2) is 36.4 Å². The molecule has 3 N–H and O–H groups in total. The Morgan fingerprint density at radius 2 is 1.87 bits per heavy atom. The highest BCUT2D eigenvalue weighted by Gasteiger charge is 2.15. The van der Waals surface area contributed by atoms with Crippen LogP contribution < -0.4 is 10.5 Å². The van der Waals surface area contributed by atoms with Crippen LogP contribution in [-0.4, -0.2) is 22.3 Å². The van der Waals surface area contributed by atoms with Gasteiger partial charge in [0.25, 0.3) is 0 Å². The van der Waals surface area contributed by atoms with Crippen LogP contribution in [0, 0.1) is 0 Å². The van der Waals surface area contributed by atoms with Crippen molar-refractivity contribution in [1.82, 2.24) is 15.2 Å². The number of para-hydroxylation sites is 1. The van der Waals surface area contributed by atoms with E-state index in [0.717, 1.165) is 16.7 Å². The Bertz CT molecular complexity index is 825. The van der Waals surface area contributed by atoms with Crippen molar-refractivity contribution in [3.63, 3.8) is 0 Å². The van der Waals surface area contributed by atoms with E-state index < -0.39 is 0 Å². The Kier molecular flexibility index (Phi) is 4.41. The summed E-state index contributed by atoms with van der Waals surface area (Å²) in [6.45, 7) is 0. The zero-order valence-corrected chi connectivity index (χ0v) is 13.8. The first-order chi connectivity index (χ1) is 11.1. The summed E-state index contributed by atoms with van der Waals surface area (Å²) in [6, 6.07) is 11.3. The molecule has 0 aliphatic carbocycles. The van der Waals surface area contributed by atoms with Crippen LogP contribution >= 0.6 is 23.2 Å². The molecule has 2 aromatic carbocycles. The summed E-state index contributed by atoms with van der Waals surface area (Å²) in [5, 5.41) is 7.66. The molecular formula is C16H14Cl2N4O. The molecule has 7 heteroatoms. The lowest BCUT2D eigenvalue weighted by molar-refractivity contribution is 0.416. The highest BCUT2D eigenvalue weighted by atomic mass is 35.5. The lowest BCUT2D eigenvalue weighted by Gasteiger charge is -2.13. The Morgan fingerprint density at radius 3 is 2.48 bits per heavy atom. The molecule has 0 atom stereocenters. The van der Waals surface area contributed by atoms with Crippen LogP contribution in [0.5, 0.6) is 5.75 Å². The maximum absolute atomic E-state index is 6.46. The van der Waals surface area contributed by atoms with Gasteiger partial charge in [0, 0.05) is 17.5 Å². The van der Waals surface area contributed by atoms with Crippen molar-refractivity contribution in [3.8, 4) is 16.9 Å². The second-order valence-corrected chi connectivity index (χ2v) is 5.77. The van der Waals surface area contributed by atoms with Gasteiger partial charge in [-0.05, 0) is 23.8 Å². The SMILES string of the molecule is COc1ccccc1-c1c(Cl)cc(Cc2nc(N)n[nH]2)cc1Cl. The molecule has 118 valence electrons. The molecule has 0 radical (unpaired) electrons. The molecule has 0 aliphatic heterocycles. The van der Waals surface area contributed by atoms with Crippen LogP contribution in [0.3, 0.4) is 0 Å². The Hall–Kier alpha value is -2.24. The van der Waals surface area contributed by atoms with E-state index in [4.69, 9.17) is 33.7 Å². The first-order valence-electron chi connectivity index (χ1n) is 6.86. The number of anilines is 1. The third-order valence-corrected chi connectivity index (χ3v) is 3.99. The fourth-order valence-electron chi connectivity index (χ4n) is 2.42. The molecule has 0 unspecified atom stereocenters. The summed E-state index contributed by atoms with van der Waals surface area (Å²) in [7, 11) is 1.61. The van der Waals surface area contributed by atoms with Gasteiger partial charge in [-0.15, -0.1) is 5.10 Å². The summed E-state index contributed by atoms with van der Waals surface area (Å²) in [4.78, 5) is 4.08. The molecule has 5 nitrogen and oxygen atoms in total. The molecule has 1 heterocycles. The number of nitrogen functional groups attached to an aromatic ring is 1. The van der Waals surface area contributed by atoms with Crippen LogP contribution in [0.4, 0.5) is 5.95 Å². The second-order valence-electron chi connectivity index (χ2n) is 4.95. The van der Waals surface area contributed by atoms with Crippen molar-refractivity contribution >= 4 is 29.2 Å². The molecule has 0 aliphatic rings. The van der Waals surface area contributed by atoms with E-state index in [1.807, 2.05) is 36.4 Å². The van der Waals surface area contributed by atoms with Crippen molar-refractivity contribution in [2.45, 2.75) is 6.42 Å². The van der Waals surface area contributed by atoms with Crippen molar-refractivity contribution in [3.05, 3.63) is 57.8 Å². The van der Waals surface area contributed by atoms with Gasteiger partial charge in [0.1, 0.15) is 11.6 Å². The number of hydrogen-bond acceptors (Lipinski definition) is 4. The fourth-order valence-corrected chi connectivity index (χ4v) is 3.15. The number of rotatable bonds is 4. The third kappa shape index (κ3) is 3.25. The molecule has 3 rings (SSSR count). The minimum Gasteiger partial charge on any atom is -0.496 e. The van der Waals surface area contributed by atoms with Gasteiger partial charge in [-0.3, -0.25) is 5.10 Å². The lowest BCUT2D eigenvalue weighted by Crippen LogP contribution is -1.94. The smallest absolute Gasteiger partial charge is 0.239 e. The maximum atomic E-state index is 6.46. The van der Waals surface area contributed by atoms with Gasteiger partial charge in [0.2, 0.25) is 5.95 Å². The number of ether oxygens (including phenoxy) is 1. The van der Waals surface area contributed by atoms with Crippen molar-refractivity contribution in [2.75, 3.05) is 12.8 Å². The minimum absolute atomic E-state index is 0.211. The van der Waals surface area contributed by atoms with Gasteiger partial charge in [-0.2, -0.15) is 4.98 Å². The number of nitrogens with zero attached hydrogens (tertiary/aromatic N) is 2. The van der Waals surface area contributed by atoms with Gasteiger partial charge < -0.3 is 10.5 Å². The molecule has 3 aromatic rings. The number of hydrogen-bond donors (Lipinski definition) is 2. The number of nitrogens with one attached hydrogen (secondary N) is 1. The molecule has 0 saturated heterocycles. The van der Waals surface area contributed by atoms with E-state index in [9.17, 15) is 0 Å². The van der Waals surface area contributed by atoms with Crippen LogP contribution in [0.1, 0.15) is 11.4 Å². The predicted octanol–water partition coefficient (Wildman–Crippen LogP) is 3.96. The molecule has 0 bridgehead atoms. The first-order valence-corrected chi connectivity index (χ1v) is 7.62. The number of aromatic amines is 1. The van der Waals surface area contributed by atoms with E-state index in [0.29, 0.717) is 28.0 Å². The summed E-state index contributed by atoms with van der Waals surface area (Å²) in [5.74, 6) is 1.58. The van der Waals surface area contributed by atoms with Gasteiger partial charge in [0.15, 0.2) is 0 Å². The zero-order valence-electron chi connectivity index (χ0n) is 12.3. The van der Waals surface area contributed by atoms with Gasteiger partial charge >= 0.3 is 0 Å². The molecular weight excluding hydrogens is 335 g/mol. The fraction of sp³-hybridized carbons (Fsp3) is 0.125. The summed E-state index contributed by atoms with van der Waals surface area (Å²) >= 11 is 12.9. The molecule has 0 spiro atoms. The largest absolute Gasteiger partial charge is 0.496 e. The zero-order chi connectivity index (χ0) is 16.4. The van der Waals surface area contributed by atoms with Gasteiger partial charge in [0.05, 0.1) is 17.2 Å². The number of H-pyrrole nitrogens is 1. The Labute approximate surface area is 143 Å². The summed E-state index contributed by atoms with van der Waals surface area (Å²) in [5.41, 5.74) is 8.01. The van der Waals surface area contributed by atoms with Gasteiger partial charge in [-0.1, -0.05) is 41.4 Å². The lowest BCUT2D eigenvalue weighted by atomic mass is 10.0. The molecule has 0 amide bonds. The first kappa shape index (κ1) is 15.6. The van der Waals surface area contributed by atoms with E-state index in [1.165, 1.54) is 0 Å². The number of nitrogens with two attached hydrogens (primary N) is 1. The normalized spacial score (nSPS) is 10.7. The average molecular weight is 349 g/mol. The van der Waals surface area contributed by atoms with Gasteiger partial charge in [-0.25, -0.2) is 0 Å². The van der Waals surface area contributed by atoms with E-state index in [1.54, 1.807) is 7.11 Å². The topological polar surface area (TPSA) is 76.8 Å². The Balaban J connectivity index is 2.00. The van der Waals surface area contributed by atoms with Crippen molar-refractivity contribution in [2.24, 2.45) is 0 Å². The van der Waals surface area contributed by atoms with Crippen LogP contribution in [-0.2, 0) is 6.42 Å². The highest BCUT2D eigenvalue weighted by Crippen LogP contribution is 2.40. The molecule has 1 aromatic heterocycles. The van der Waals surface area contributed by atoms with Crippen molar-refractivity contribution in [1.29, 1.82) is 0 Å². The molecule has 0 fully saturated rings. The van der Waals surface area contributed by atoms with E-state index in [-0.39, 0.29) is 5.95 Å². The third-order valence-electron chi connectivity index (χ3n) is 3.40. The Morgan fingerprint density at radius 1 is 1.17 bits per heavy atom. The summed E-state index contributed by atoms with van der Waals surface area (Å²) < 4.78 is 5.38. The number of halogens is 2. The maximum Gasteiger partial charge on any atom is 0.239 e. The number of benzene rings is 2.